The van der Waals surface area contributed by atoms with Crippen molar-refractivity contribution in [1.29, 1.82) is 0 Å². The Morgan fingerprint density at radius 1 is 0.655 bits per heavy atom. The van der Waals surface area contributed by atoms with Crippen molar-refractivity contribution in [3.05, 3.63) is 77.9 Å². The molecule has 0 amide bonds. The van der Waals surface area contributed by atoms with Crippen LogP contribution in [0.4, 0.5) is 0 Å². The zero-order chi connectivity index (χ0) is 21.4. The van der Waals surface area contributed by atoms with Gasteiger partial charge in [-0.2, -0.15) is 0 Å². The lowest BCUT2D eigenvalue weighted by Crippen LogP contribution is -2.18. The standard InChI is InChI=1S/C26H31O2P/c1-25(2,3)19-15-16-20(22(17-19)26(4,5)6)21-13-10-14-23(29(27)28)24(21)18-11-8-7-9-12-18/h7-17,27-28H,1-6H3. The second-order valence-electron chi connectivity index (χ2n) is 9.62. The maximum Gasteiger partial charge on any atom is 0.200 e. The Labute approximate surface area is 176 Å². The van der Waals surface area contributed by atoms with E-state index in [4.69, 9.17) is 0 Å². The lowest BCUT2D eigenvalue weighted by Gasteiger charge is -2.29. The Bertz CT molecular complexity index is 993. The SMILES string of the molecule is CC(C)(C)c1ccc(-c2cccc(P(O)O)c2-c2ccccc2)c(C(C)(C)C)c1. The van der Waals surface area contributed by atoms with Gasteiger partial charge in [-0.05, 0) is 44.7 Å². The lowest BCUT2D eigenvalue weighted by atomic mass is 9.76. The highest BCUT2D eigenvalue weighted by molar-refractivity contribution is 7.54. The fourth-order valence-corrected chi connectivity index (χ4v) is 4.37. The molecule has 0 aliphatic rings. The van der Waals surface area contributed by atoms with Crippen LogP contribution in [-0.4, -0.2) is 9.79 Å². The maximum atomic E-state index is 10.1. The van der Waals surface area contributed by atoms with Gasteiger partial charge in [-0.1, -0.05) is 102 Å². The second-order valence-corrected chi connectivity index (χ2v) is 10.7. The molecule has 2 nitrogen and oxygen atoms in total. The molecule has 0 radical (unpaired) electrons. The number of rotatable bonds is 3. The highest BCUT2D eigenvalue weighted by Gasteiger charge is 2.25. The van der Waals surface area contributed by atoms with Crippen LogP contribution in [0, 0.1) is 0 Å². The van der Waals surface area contributed by atoms with Crippen molar-refractivity contribution in [2.75, 3.05) is 0 Å². The molecular weight excluding hydrogens is 375 g/mol. The number of benzene rings is 3. The second kappa shape index (κ2) is 8.03. The van der Waals surface area contributed by atoms with Crippen LogP contribution in [0.2, 0.25) is 0 Å². The molecule has 0 heterocycles. The Hall–Kier alpha value is -1.99. The van der Waals surface area contributed by atoms with Gasteiger partial charge in [0, 0.05) is 10.9 Å². The Kier molecular flexibility index (Phi) is 6.01. The third-order valence-corrected chi connectivity index (χ3v) is 6.11. The maximum absolute atomic E-state index is 10.1. The topological polar surface area (TPSA) is 40.5 Å². The number of hydrogen-bond donors (Lipinski definition) is 2. The molecule has 0 unspecified atom stereocenters. The molecule has 0 saturated carbocycles. The smallest absolute Gasteiger partial charge is 0.200 e. The molecule has 2 N–H and O–H groups in total. The number of hydrogen-bond acceptors (Lipinski definition) is 2. The van der Waals surface area contributed by atoms with Gasteiger partial charge >= 0.3 is 0 Å². The highest BCUT2D eigenvalue weighted by atomic mass is 31.2. The van der Waals surface area contributed by atoms with E-state index in [0.717, 1.165) is 22.3 Å². The van der Waals surface area contributed by atoms with E-state index in [0.29, 0.717) is 5.30 Å². The molecule has 0 bridgehead atoms. The third kappa shape index (κ3) is 4.61. The van der Waals surface area contributed by atoms with Crippen molar-refractivity contribution >= 4 is 13.7 Å². The van der Waals surface area contributed by atoms with Crippen molar-refractivity contribution in [1.82, 2.24) is 0 Å². The van der Waals surface area contributed by atoms with Gasteiger partial charge in [-0.15, -0.1) is 0 Å². The minimum atomic E-state index is -2.21. The van der Waals surface area contributed by atoms with Crippen LogP contribution in [0.3, 0.4) is 0 Å². The van der Waals surface area contributed by atoms with Crippen LogP contribution in [0.15, 0.2) is 66.7 Å². The van der Waals surface area contributed by atoms with Crippen molar-refractivity contribution < 1.29 is 9.79 Å². The largest absolute Gasteiger partial charge is 0.347 e. The minimum absolute atomic E-state index is 0.0519. The summed E-state index contributed by atoms with van der Waals surface area (Å²) in [6.07, 6.45) is 0. The van der Waals surface area contributed by atoms with Gasteiger partial charge in [0.25, 0.3) is 0 Å². The summed E-state index contributed by atoms with van der Waals surface area (Å²) in [7, 11) is -2.21. The van der Waals surface area contributed by atoms with E-state index in [9.17, 15) is 9.79 Å². The third-order valence-electron chi connectivity index (χ3n) is 5.30. The zero-order valence-corrected chi connectivity index (χ0v) is 19.1. The van der Waals surface area contributed by atoms with Crippen LogP contribution in [0.5, 0.6) is 0 Å². The van der Waals surface area contributed by atoms with Gasteiger partial charge in [0.2, 0.25) is 0 Å². The predicted octanol–water partition coefficient (Wildman–Crippen LogP) is 6.54. The van der Waals surface area contributed by atoms with Crippen molar-refractivity contribution in [2.24, 2.45) is 0 Å². The molecule has 29 heavy (non-hydrogen) atoms. The monoisotopic (exact) mass is 406 g/mol. The summed E-state index contributed by atoms with van der Waals surface area (Å²) in [5, 5.41) is 0.587. The van der Waals surface area contributed by atoms with Gasteiger partial charge in [0.15, 0.2) is 8.38 Å². The molecule has 0 atom stereocenters. The van der Waals surface area contributed by atoms with E-state index < -0.39 is 8.38 Å². The van der Waals surface area contributed by atoms with E-state index in [1.165, 1.54) is 11.1 Å². The van der Waals surface area contributed by atoms with Crippen LogP contribution < -0.4 is 5.30 Å². The lowest BCUT2D eigenvalue weighted by molar-refractivity contribution is 0.497. The fourth-order valence-electron chi connectivity index (χ4n) is 3.71. The molecule has 0 aromatic heterocycles. The minimum Gasteiger partial charge on any atom is -0.347 e. The van der Waals surface area contributed by atoms with Gasteiger partial charge in [0.05, 0.1) is 0 Å². The fraction of sp³-hybridized carbons (Fsp3) is 0.308. The molecule has 0 spiro atoms. The highest BCUT2D eigenvalue weighted by Crippen LogP contribution is 2.42. The summed E-state index contributed by atoms with van der Waals surface area (Å²) < 4.78 is 0. The molecule has 152 valence electrons. The van der Waals surface area contributed by atoms with Crippen molar-refractivity contribution in [3.63, 3.8) is 0 Å². The van der Waals surface area contributed by atoms with Crippen LogP contribution in [0.1, 0.15) is 52.7 Å². The van der Waals surface area contributed by atoms with E-state index in [1.54, 1.807) is 0 Å². The Morgan fingerprint density at radius 2 is 1.31 bits per heavy atom. The van der Waals surface area contributed by atoms with E-state index in [-0.39, 0.29) is 10.8 Å². The van der Waals surface area contributed by atoms with Crippen molar-refractivity contribution in [3.8, 4) is 22.3 Å². The Balaban J connectivity index is 2.36. The molecular formula is C26H31O2P. The van der Waals surface area contributed by atoms with Crippen LogP contribution >= 0.6 is 8.38 Å². The normalized spacial score (nSPS) is 12.4. The molecule has 0 aliphatic carbocycles. The average Bonchev–Trinajstić information content (AvgIpc) is 2.66. The summed E-state index contributed by atoms with van der Waals surface area (Å²) in [6, 6.07) is 22.6. The quantitative estimate of drug-likeness (QED) is 0.485. The van der Waals surface area contributed by atoms with Gasteiger partial charge in [0.1, 0.15) is 0 Å². The summed E-state index contributed by atoms with van der Waals surface area (Å²) in [4.78, 5) is 20.3. The first-order valence-corrected chi connectivity index (χ1v) is 11.3. The van der Waals surface area contributed by atoms with Crippen LogP contribution in [-0.2, 0) is 10.8 Å². The summed E-state index contributed by atoms with van der Waals surface area (Å²) >= 11 is 0. The van der Waals surface area contributed by atoms with E-state index >= 15 is 0 Å². The molecule has 3 rings (SSSR count). The first-order valence-electron chi connectivity index (χ1n) is 10.0. The van der Waals surface area contributed by atoms with Gasteiger partial charge < -0.3 is 9.79 Å². The molecule has 3 aromatic carbocycles. The first kappa shape index (κ1) is 21.7. The molecule has 0 fully saturated rings. The average molecular weight is 407 g/mol. The first-order chi connectivity index (χ1) is 13.5. The van der Waals surface area contributed by atoms with Gasteiger partial charge in [-0.3, -0.25) is 0 Å². The Morgan fingerprint density at radius 3 is 1.86 bits per heavy atom. The van der Waals surface area contributed by atoms with Gasteiger partial charge in [-0.25, -0.2) is 0 Å². The summed E-state index contributed by atoms with van der Waals surface area (Å²) in [5.41, 5.74) is 6.65. The molecule has 0 saturated heterocycles. The van der Waals surface area contributed by atoms with E-state index in [2.05, 4.69) is 65.8 Å². The van der Waals surface area contributed by atoms with Crippen molar-refractivity contribution in [2.45, 2.75) is 52.4 Å². The summed E-state index contributed by atoms with van der Waals surface area (Å²) in [5.74, 6) is 0. The predicted molar refractivity (Wildman–Crippen MR) is 126 cm³/mol. The summed E-state index contributed by atoms with van der Waals surface area (Å²) in [6.45, 7) is 13.4. The molecule has 0 aliphatic heterocycles. The zero-order valence-electron chi connectivity index (χ0n) is 18.2. The van der Waals surface area contributed by atoms with Crippen LogP contribution in [0.25, 0.3) is 22.3 Å². The molecule has 3 aromatic rings. The molecule has 3 heteroatoms. The van der Waals surface area contributed by atoms with E-state index in [1.807, 2.05) is 42.5 Å².